The van der Waals surface area contributed by atoms with E-state index in [2.05, 4.69) is 20.9 Å². The molecule has 2 rings (SSSR count). The van der Waals surface area contributed by atoms with Crippen molar-refractivity contribution in [3.05, 3.63) is 53.1 Å². The predicted octanol–water partition coefficient (Wildman–Crippen LogP) is 3.53. The van der Waals surface area contributed by atoms with Gasteiger partial charge in [0.05, 0.1) is 5.69 Å². The molecule has 1 aromatic carbocycles. The lowest BCUT2D eigenvalue weighted by Gasteiger charge is -2.19. The van der Waals surface area contributed by atoms with Crippen molar-refractivity contribution in [1.29, 1.82) is 0 Å². The average molecular weight is 291 g/mol. The van der Waals surface area contributed by atoms with Gasteiger partial charge in [0.1, 0.15) is 5.82 Å². The van der Waals surface area contributed by atoms with Gasteiger partial charge in [-0.25, -0.2) is 4.98 Å². The molecule has 0 aliphatic rings. The van der Waals surface area contributed by atoms with Crippen molar-refractivity contribution in [2.75, 3.05) is 4.90 Å². The van der Waals surface area contributed by atoms with Gasteiger partial charge in [-0.2, -0.15) is 0 Å². The average Bonchev–Trinajstić information content (AvgIpc) is 2.33. The Morgan fingerprint density at radius 2 is 1.88 bits per heavy atom. The zero-order valence-electron chi connectivity index (χ0n) is 9.30. The van der Waals surface area contributed by atoms with Crippen LogP contribution in [0.1, 0.15) is 6.92 Å². The van der Waals surface area contributed by atoms with E-state index < -0.39 is 0 Å². The van der Waals surface area contributed by atoms with Gasteiger partial charge in [0, 0.05) is 17.6 Å². The first-order valence-electron chi connectivity index (χ1n) is 5.16. The van der Waals surface area contributed by atoms with Gasteiger partial charge in [-0.1, -0.05) is 22.0 Å². The molecule has 86 valence electrons. The number of halogens is 1. The molecule has 17 heavy (non-hydrogen) atoms. The lowest BCUT2D eigenvalue weighted by molar-refractivity contribution is -0.115. The Kier molecular flexibility index (Phi) is 3.54. The third kappa shape index (κ3) is 2.71. The van der Waals surface area contributed by atoms with E-state index in [4.69, 9.17) is 0 Å². The van der Waals surface area contributed by atoms with Gasteiger partial charge in [-0.05, 0) is 36.4 Å². The number of carbonyl (C=O) groups excluding carboxylic acids is 1. The SMILES string of the molecule is CC(=O)N(c1ccc(Br)cc1)c1ccccn1. The quantitative estimate of drug-likeness (QED) is 0.848. The zero-order chi connectivity index (χ0) is 12.3. The highest BCUT2D eigenvalue weighted by molar-refractivity contribution is 9.10. The highest BCUT2D eigenvalue weighted by Gasteiger charge is 2.14. The standard InChI is InChI=1S/C13H11BrN2O/c1-10(17)16(13-4-2-3-9-15-13)12-7-5-11(14)6-8-12/h2-9H,1H3. The van der Waals surface area contributed by atoms with E-state index in [0.29, 0.717) is 5.82 Å². The Morgan fingerprint density at radius 3 is 2.41 bits per heavy atom. The van der Waals surface area contributed by atoms with E-state index in [1.165, 1.54) is 6.92 Å². The third-order valence-corrected chi connectivity index (χ3v) is 2.81. The topological polar surface area (TPSA) is 33.2 Å². The number of nitrogens with zero attached hydrogens (tertiary/aromatic N) is 2. The molecular weight excluding hydrogens is 280 g/mol. The molecule has 4 heteroatoms. The molecule has 0 unspecified atom stereocenters. The minimum absolute atomic E-state index is 0.0639. The molecule has 0 N–H and O–H groups in total. The van der Waals surface area contributed by atoms with Crippen LogP contribution in [0.5, 0.6) is 0 Å². The molecule has 2 aromatic rings. The van der Waals surface area contributed by atoms with Crippen molar-refractivity contribution >= 4 is 33.3 Å². The summed E-state index contributed by atoms with van der Waals surface area (Å²) >= 11 is 3.37. The van der Waals surface area contributed by atoms with Crippen molar-refractivity contribution in [1.82, 2.24) is 4.98 Å². The van der Waals surface area contributed by atoms with Crippen molar-refractivity contribution in [3.8, 4) is 0 Å². The van der Waals surface area contributed by atoms with E-state index in [1.807, 2.05) is 42.5 Å². The molecule has 1 heterocycles. The molecular formula is C13H11BrN2O. The Morgan fingerprint density at radius 1 is 1.18 bits per heavy atom. The van der Waals surface area contributed by atoms with E-state index in [0.717, 1.165) is 10.2 Å². The minimum Gasteiger partial charge on any atom is -0.274 e. The molecule has 0 saturated heterocycles. The zero-order valence-corrected chi connectivity index (χ0v) is 10.9. The van der Waals surface area contributed by atoms with Crippen LogP contribution in [-0.2, 0) is 4.79 Å². The van der Waals surface area contributed by atoms with Gasteiger partial charge in [-0.15, -0.1) is 0 Å². The Bertz CT molecular complexity index is 511. The number of hydrogen-bond donors (Lipinski definition) is 0. The van der Waals surface area contributed by atoms with Crippen LogP contribution >= 0.6 is 15.9 Å². The lowest BCUT2D eigenvalue weighted by Crippen LogP contribution is -2.23. The summed E-state index contributed by atoms with van der Waals surface area (Å²) in [6.07, 6.45) is 1.67. The molecule has 0 atom stereocenters. The van der Waals surface area contributed by atoms with Crippen LogP contribution in [0.25, 0.3) is 0 Å². The summed E-state index contributed by atoms with van der Waals surface area (Å²) in [5, 5.41) is 0. The maximum absolute atomic E-state index is 11.7. The summed E-state index contributed by atoms with van der Waals surface area (Å²) in [7, 11) is 0. The molecule has 3 nitrogen and oxygen atoms in total. The van der Waals surface area contributed by atoms with Gasteiger partial charge >= 0.3 is 0 Å². The van der Waals surface area contributed by atoms with E-state index in [-0.39, 0.29) is 5.91 Å². The van der Waals surface area contributed by atoms with Crippen LogP contribution in [0.3, 0.4) is 0 Å². The second-order valence-electron chi connectivity index (χ2n) is 3.52. The number of anilines is 2. The largest absolute Gasteiger partial charge is 0.274 e. The minimum atomic E-state index is -0.0639. The normalized spacial score (nSPS) is 10.0. The first-order chi connectivity index (χ1) is 8.18. The van der Waals surface area contributed by atoms with Gasteiger partial charge in [0.15, 0.2) is 0 Å². The Labute approximate surface area is 108 Å². The van der Waals surface area contributed by atoms with E-state index in [9.17, 15) is 4.79 Å². The van der Waals surface area contributed by atoms with E-state index >= 15 is 0 Å². The smallest absolute Gasteiger partial charge is 0.229 e. The molecule has 0 fully saturated rings. The fourth-order valence-corrected chi connectivity index (χ4v) is 1.82. The third-order valence-electron chi connectivity index (χ3n) is 2.28. The van der Waals surface area contributed by atoms with Crippen molar-refractivity contribution in [2.24, 2.45) is 0 Å². The maximum Gasteiger partial charge on any atom is 0.229 e. The lowest BCUT2D eigenvalue weighted by atomic mass is 10.2. The fraction of sp³-hybridized carbons (Fsp3) is 0.0769. The number of amides is 1. The molecule has 1 amide bonds. The number of hydrogen-bond acceptors (Lipinski definition) is 2. The van der Waals surface area contributed by atoms with Crippen LogP contribution in [0.2, 0.25) is 0 Å². The van der Waals surface area contributed by atoms with Crippen LogP contribution in [0, 0.1) is 0 Å². The highest BCUT2D eigenvalue weighted by Crippen LogP contribution is 2.24. The number of carbonyl (C=O) groups is 1. The fourth-order valence-electron chi connectivity index (χ4n) is 1.55. The van der Waals surface area contributed by atoms with Crippen molar-refractivity contribution in [2.45, 2.75) is 6.92 Å². The summed E-state index contributed by atoms with van der Waals surface area (Å²) in [4.78, 5) is 17.5. The highest BCUT2D eigenvalue weighted by atomic mass is 79.9. The molecule has 0 aliphatic heterocycles. The van der Waals surface area contributed by atoms with Crippen LogP contribution < -0.4 is 4.90 Å². The number of pyridine rings is 1. The first kappa shape index (κ1) is 11.8. The number of rotatable bonds is 2. The van der Waals surface area contributed by atoms with Gasteiger partial charge in [0.25, 0.3) is 0 Å². The van der Waals surface area contributed by atoms with Crippen LogP contribution in [0.15, 0.2) is 53.1 Å². The summed E-state index contributed by atoms with van der Waals surface area (Å²) in [6, 6.07) is 13.0. The molecule has 0 aliphatic carbocycles. The van der Waals surface area contributed by atoms with Crippen LogP contribution in [0.4, 0.5) is 11.5 Å². The van der Waals surface area contributed by atoms with Crippen molar-refractivity contribution < 1.29 is 4.79 Å². The Balaban J connectivity index is 2.43. The predicted molar refractivity (Wildman–Crippen MR) is 71.2 cm³/mol. The summed E-state index contributed by atoms with van der Waals surface area (Å²) in [6.45, 7) is 1.52. The molecule has 0 radical (unpaired) electrons. The maximum atomic E-state index is 11.7. The van der Waals surface area contributed by atoms with E-state index in [1.54, 1.807) is 11.1 Å². The second kappa shape index (κ2) is 5.10. The van der Waals surface area contributed by atoms with Crippen molar-refractivity contribution in [3.63, 3.8) is 0 Å². The summed E-state index contributed by atoms with van der Waals surface area (Å²) in [5.74, 6) is 0.563. The summed E-state index contributed by atoms with van der Waals surface area (Å²) < 4.78 is 0.978. The summed E-state index contributed by atoms with van der Waals surface area (Å²) in [5.41, 5.74) is 0.805. The second-order valence-corrected chi connectivity index (χ2v) is 4.43. The van der Waals surface area contributed by atoms with Gasteiger partial charge < -0.3 is 0 Å². The molecule has 0 saturated carbocycles. The molecule has 1 aromatic heterocycles. The monoisotopic (exact) mass is 290 g/mol. The van der Waals surface area contributed by atoms with Gasteiger partial charge in [-0.3, -0.25) is 9.69 Å². The first-order valence-corrected chi connectivity index (χ1v) is 5.95. The molecule has 0 spiro atoms. The number of benzene rings is 1. The van der Waals surface area contributed by atoms with Crippen LogP contribution in [-0.4, -0.2) is 10.9 Å². The molecule has 0 bridgehead atoms. The van der Waals surface area contributed by atoms with Gasteiger partial charge in [0.2, 0.25) is 5.91 Å². The number of aromatic nitrogens is 1. The Hall–Kier alpha value is -1.68.